The number of hydrogen-bond acceptors (Lipinski definition) is 4. The number of nitrogens with zero attached hydrogens (tertiary/aromatic N) is 1. The van der Waals surface area contributed by atoms with Crippen LogP contribution in [0.5, 0.6) is 0 Å². The second kappa shape index (κ2) is 2.81. The number of benzene rings is 1. The lowest BCUT2D eigenvalue weighted by Gasteiger charge is -2.17. The van der Waals surface area contributed by atoms with Gasteiger partial charge in [0.25, 0.3) is 0 Å². The van der Waals surface area contributed by atoms with Gasteiger partial charge in [0.05, 0.1) is 17.1 Å². The van der Waals surface area contributed by atoms with E-state index in [1.54, 1.807) is 12.1 Å². The van der Waals surface area contributed by atoms with Gasteiger partial charge in [-0.1, -0.05) is 0 Å². The summed E-state index contributed by atoms with van der Waals surface area (Å²) in [7, 11) is 3.77. The van der Waals surface area contributed by atoms with Gasteiger partial charge in [0, 0.05) is 19.8 Å². The van der Waals surface area contributed by atoms with E-state index in [0.29, 0.717) is 17.1 Å². The van der Waals surface area contributed by atoms with Crippen molar-refractivity contribution in [3.05, 3.63) is 12.1 Å². The van der Waals surface area contributed by atoms with E-state index in [-0.39, 0.29) is 0 Å². The molecule has 0 aromatic heterocycles. The van der Waals surface area contributed by atoms with Gasteiger partial charge in [-0.25, -0.2) is 0 Å². The van der Waals surface area contributed by atoms with Crippen LogP contribution in [-0.4, -0.2) is 14.1 Å². The van der Waals surface area contributed by atoms with Crippen LogP contribution >= 0.6 is 0 Å². The summed E-state index contributed by atoms with van der Waals surface area (Å²) in [5, 5.41) is 0. The van der Waals surface area contributed by atoms with Gasteiger partial charge in [-0.05, 0) is 12.1 Å². The fourth-order valence-corrected chi connectivity index (χ4v) is 1.22. The highest BCUT2D eigenvalue weighted by atomic mass is 15.1. The largest absolute Gasteiger partial charge is 0.399 e. The molecule has 0 atom stereocenters. The average molecular weight is 166 g/mol. The number of nitrogens with two attached hydrogens (primary N) is 3. The highest BCUT2D eigenvalue weighted by molar-refractivity contribution is 5.83. The molecule has 4 heteroatoms. The molecule has 0 fully saturated rings. The van der Waals surface area contributed by atoms with Gasteiger partial charge in [0.1, 0.15) is 0 Å². The van der Waals surface area contributed by atoms with Crippen molar-refractivity contribution in [2.75, 3.05) is 36.2 Å². The highest BCUT2D eigenvalue weighted by Crippen LogP contribution is 2.30. The first-order valence-electron chi connectivity index (χ1n) is 3.64. The van der Waals surface area contributed by atoms with Crippen molar-refractivity contribution in [2.24, 2.45) is 0 Å². The van der Waals surface area contributed by atoms with E-state index >= 15 is 0 Å². The third kappa shape index (κ3) is 1.37. The van der Waals surface area contributed by atoms with Crippen LogP contribution < -0.4 is 22.1 Å². The Morgan fingerprint density at radius 2 is 1.42 bits per heavy atom. The summed E-state index contributed by atoms with van der Waals surface area (Å²) in [5.74, 6) is 0. The number of rotatable bonds is 1. The second-order valence-electron chi connectivity index (χ2n) is 2.94. The molecule has 0 unspecified atom stereocenters. The Bertz CT molecular complexity index is 270. The molecule has 4 nitrogen and oxygen atoms in total. The third-order valence-corrected chi connectivity index (χ3v) is 1.64. The van der Waals surface area contributed by atoms with Crippen LogP contribution in [-0.2, 0) is 0 Å². The van der Waals surface area contributed by atoms with E-state index < -0.39 is 0 Å². The predicted molar refractivity (Wildman–Crippen MR) is 54.0 cm³/mol. The molecule has 12 heavy (non-hydrogen) atoms. The van der Waals surface area contributed by atoms with Gasteiger partial charge in [0.15, 0.2) is 0 Å². The van der Waals surface area contributed by atoms with Crippen molar-refractivity contribution in [1.82, 2.24) is 0 Å². The molecule has 0 bridgehead atoms. The van der Waals surface area contributed by atoms with Crippen molar-refractivity contribution < 1.29 is 0 Å². The fraction of sp³-hybridized carbons (Fsp3) is 0.250. The first kappa shape index (κ1) is 8.52. The molecule has 0 spiro atoms. The first-order valence-corrected chi connectivity index (χ1v) is 3.64. The van der Waals surface area contributed by atoms with E-state index in [0.717, 1.165) is 5.69 Å². The molecule has 0 aliphatic heterocycles. The van der Waals surface area contributed by atoms with E-state index in [9.17, 15) is 0 Å². The van der Waals surface area contributed by atoms with Crippen LogP contribution in [0, 0.1) is 0 Å². The van der Waals surface area contributed by atoms with Gasteiger partial charge < -0.3 is 22.1 Å². The number of anilines is 4. The summed E-state index contributed by atoms with van der Waals surface area (Å²) in [6, 6.07) is 3.40. The van der Waals surface area contributed by atoms with Crippen LogP contribution in [0.25, 0.3) is 0 Å². The normalized spacial score (nSPS) is 9.83. The van der Waals surface area contributed by atoms with Crippen molar-refractivity contribution in [3.8, 4) is 0 Å². The Morgan fingerprint density at radius 3 is 1.75 bits per heavy atom. The lowest BCUT2D eigenvalue weighted by Crippen LogP contribution is -2.13. The minimum absolute atomic E-state index is 0.593. The molecule has 66 valence electrons. The van der Waals surface area contributed by atoms with Crippen molar-refractivity contribution >= 4 is 22.7 Å². The van der Waals surface area contributed by atoms with Crippen LogP contribution in [0.4, 0.5) is 22.7 Å². The maximum atomic E-state index is 5.72. The quantitative estimate of drug-likeness (QED) is 0.531. The molecule has 0 aliphatic carbocycles. The second-order valence-corrected chi connectivity index (χ2v) is 2.94. The van der Waals surface area contributed by atoms with Gasteiger partial charge in [-0.2, -0.15) is 0 Å². The van der Waals surface area contributed by atoms with E-state index in [1.165, 1.54) is 0 Å². The van der Waals surface area contributed by atoms with Crippen molar-refractivity contribution in [1.29, 1.82) is 0 Å². The number of hydrogen-bond donors (Lipinski definition) is 3. The minimum atomic E-state index is 0.593. The Morgan fingerprint density at radius 1 is 1.00 bits per heavy atom. The molecule has 1 aromatic rings. The van der Waals surface area contributed by atoms with Crippen molar-refractivity contribution in [2.45, 2.75) is 0 Å². The van der Waals surface area contributed by atoms with E-state index in [1.807, 2.05) is 19.0 Å². The molecule has 6 N–H and O–H groups in total. The Kier molecular flexibility index (Phi) is 1.99. The molecule has 1 aromatic carbocycles. The molecule has 0 radical (unpaired) electrons. The minimum Gasteiger partial charge on any atom is -0.399 e. The summed E-state index contributed by atoms with van der Waals surface area (Å²) >= 11 is 0. The lowest BCUT2D eigenvalue weighted by molar-refractivity contribution is 1.14. The number of nitrogen functional groups attached to an aromatic ring is 3. The molecule has 0 aliphatic rings. The molecule has 0 saturated heterocycles. The molecule has 0 saturated carbocycles. The Labute approximate surface area is 71.9 Å². The van der Waals surface area contributed by atoms with Crippen LogP contribution in [0.2, 0.25) is 0 Å². The zero-order valence-corrected chi connectivity index (χ0v) is 7.33. The average Bonchev–Trinajstić information content (AvgIpc) is 1.82. The smallest absolute Gasteiger partial charge is 0.0829 e. The first-order chi connectivity index (χ1) is 5.52. The molecule has 0 heterocycles. The van der Waals surface area contributed by atoms with Gasteiger partial charge in [-0.15, -0.1) is 0 Å². The summed E-state index contributed by atoms with van der Waals surface area (Å²) in [5.41, 5.74) is 19.6. The predicted octanol–water partition coefficient (Wildman–Crippen LogP) is 0.499. The zero-order valence-electron chi connectivity index (χ0n) is 7.33. The molecule has 1 rings (SSSR count). The van der Waals surface area contributed by atoms with Crippen molar-refractivity contribution in [3.63, 3.8) is 0 Å². The van der Waals surface area contributed by atoms with Gasteiger partial charge in [0.2, 0.25) is 0 Å². The summed E-state index contributed by atoms with van der Waals surface area (Å²) < 4.78 is 0. The fourth-order valence-electron chi connectivity index (χ4n) is 1.22. The Balaban J connectivity index is 3.28. The third-order valence-electron chi connectivity index (χ3n) is 1.64. The molecular formula is C8H14N4. The van der Waals surface area contributed by atoms with Crippen LogP contribution in [0.15, 0.2) is 12.1 Å². The molecule has 0 amide bonds. The van der Waals surface area contributed by atoms with E-state index in [2.05, 4.69) is 0 Å². The van der Waals surface area contributed by atoms with Gasteiger partial charge in [-0.3, -0.25) is 0 Å². The lowest BCUT2D eigenvalue weighted by atomic mass is 10.2. The standard InChI is InChI=1S/C8H14N4/c1-12(2)8-6(10)3-5(9)4-7(8)11/h3-4H,9-11H2,1-2H3. The van der Waals surface area contributed by atoms with Crippen LogP contribution in [0.1, 0.15) is 0 Å². The SMILES string of the molecule is CN(C)c1c(N)cc(N)cc1N. The summed E-state index contributed by atoms with van der Waals surface area (Å²) in [6.45, 7) is 0. The maximum absolute atomic E-state index is 5.72. The van der Waals surface area contributed by atoms with E-state index in [4.69, 9.17) is 17.2 Å². The van der Waals surface area contributed by atoms with Gasteiger partial charge >= 0.3 is 0 Å². The molecular weight excluding hydrogens is 152 g/mol. The Hall–Kier alpha value is -1.58. The summed E-state index contributed by atoms with van der Waals surface area (Å²) in [6.07, 6.45) is 0. The zero-order chi connectivity index (χ0) is 9.30. The van der Waals surface area contributed by atoms with Crippen LogP contribution in [0.3, 0.4) is 0 Å². The summed E-state index contributed by atoms with van der Waals surface area (Å²) in [4.78, 5) is 1.87. The monoisotopic (exact) mass is 166 g/mol. The topological polar surface area (TPSA) is 81.3 Å². The maximum Gasteiger partial charge on any atom is 0.0829 e. The highest BCUT2D eigenvalue weighted by Gasteiger charge is 2.06.